The van der Waals surface area contributed by atoms with E-state index < -0.39 is 5.54 Å². The van der Waals surface area contributed by atoms with Crippen LogP contribution in [0.4, 0.5) is 5.00 Å². The van der Waals surface area contributed by atoms with Gasteiger partial charge in [-0.05, 0) is 62.6 Å². The van der Waals surface area contributed by atoms with Crippen LogP contribution in [0.5, 0.6) is 0 Å². The topological polar surface area (TPSA) is 107 Å². The predicted octanol–water partition coefficient (Wildman–Crippen LogP) is 4.08. The number of fused-ring (bicyclic) bond motifs is 1. The van der Waals surface area contributed by atoms with Gasteiger partial charge < -0.3 is 15.6 Å². The summed E-state index contributed by atoms with van der Waals surface area (Å²) in [5.41, 5.74) is 8.48. The van der Waals surface area contributed by atoms with Crippen molar-refractivity contribution in [2.24, 2.45) is 5.73 Å². The van der Waals surface area contributed by atoms with Gasteiger partial charge in [-0.15, -0.1) is 23.7 Å². The molecule has 29 heavy (non-hydrogen) atoms. The number of anilines is 1. The van der Waals surface area contributed by atoms with E-state index in [1.807, 2.05) is 0 Å². The highest BCUT2D eigenvalue weighted by Crippen LogP contribution is 2.45. The van der Waals surface area contributed by atoms with Crippen LogP contribution in [0.25, 0.3) is 11.5 Å². The van der Waals surface area contributed by atoms with E-state index in [0.29, 0.717) is 17.3 Å². The zero-order chi connectivity index (χ0) is 19.1. The van der Waals surface area contributed by atoms with Crippen LogP contribution in [-0.2, 0) is 18.4 Å². The molecule has 1 amide bonds. The number of carbonyl (C=O) groups is 1. The molecule has 0 radical (unpaired) electrons. The third-order valence-corrected chi connectivity index (χ3v) is 6.86. The summed E-state index contributed by atoms with van der Waals surface area (Å²) in [5.74, 6) is 0.823. The average Bonchev–Trinajstić information content (AvgIpc) is 3.31. The maximum absolute atomic E-state index is 12.7. The summed E-state index contributed by atoms with van der Waals surface area (Å²) >= 11 is 1.60. The van der Waals surface area contributed by atoms with Gasteiger partial charge in [0.25, 0.3) is 11.8 Å². The molecule has 152 valence electrons. The molecule has 0 unspecified atom stereocenters. The minimum Gasteiger partial charge on any atom is -0.334 e. The lowest BCUT2D eigenvalue weighted by molar-refractivity contribution is 0.102. The van der Waals surface area contributed by atoms with Crippen molar-refractivity contribution in [3.8, 4) is 11.5 Å². The van der Waals surface area contributed by atoms with Crippen LogP contribution in [0.15, 0.2) is 29.0 Å². The Labute approximate surface area is 178 Å². The molecule has 0 atom stereocenters. The van der Waals surface area contributed by atoms with Gasteiger partial charge in [0.2, 0.25) is 0 Å². The third kappa shape index (κ3) is 3.56. The first-order valence-electron chi connectivity index (χ1n) is 9.63. The molecule has 0 aromatic carbocycles. The second-order valence-corrected chi connectivity index (χ2v) is 8.65. The maximum atomic E-state index is 12.7. The minimum absolute atomic E-state index is 0. The van der Waals surface area contributed by atoms with Crippen LogP contribution in [0.3, 0.4) is 0 Å². The molecule has 9 heteroatoms. The lowest BCUT2D eigenvalue weighted by Gasteiger charge is -2.34. The van der Waals surface area contributed by atoms with E-state index in [4.69, 9.17) is 10.3 Å². The molecule has 1 saturated carbocycles. The summed E-state index contributed by atoms with van der Waals surface area (Å²) in [7, 11) is 0. The highest BCUT2D eigenvalue weighted by atomic mass is 35.5. The Hall–Kier alpha value is -2.29. The van der Waals surface area contributed by atoms with Gasteiger partial charge >= 0.3 is 0 Å². The van der Waals surface area contributed by atoms with Crippen molar-refractivity contribution >= 4 is 34.7 Å². The minimum atomic E-state index is -0.475. The molecule has 3 aromatic rings. The largest absolute Gasteiger partial charge is 0.334 e. The van der Waals surface area contributed by atoms with Crippen molar-refractivity contribution in [3.05, 3.63) is 46.4 Å². The Balaban J connectivity index is 0.00000205. The molecule has 0 aliphatic heterocycles. The van der Waals surface area contributed by atoms with Crippen molar-refractivity contribution in [2.45, 2.75) is 50.5 Å². The molecule has 1 fully saturated rings. The summed E-state index contributed by atoms with van der Waals surface area (Å²) in [6, 6.07) is 3.49. The van der Waals surface area contributed by atoms with Crippen molar-refractivity contribution < 1.29 is 9.32 Å². The number of pyridine rings is 1. The number of hydrogen-bond acceptors (Lipinski definition) is 7. The lowest BCUT2D eigenvalue weighted by Crippen LogP contribution is -2.44. The number of carbonyl (C=O) groups excluding carboxylic acids is 1. The van der Waals surface area contributed by atoms with E-state index in [0.717, 1.165) is 55.5 Å². The van der Waals surface area contributed by atoms with Crippen molar-refractivity contribution in [1.82, 2.24) is 15.1 Å². The number of aromatic nitrogens is 3. The lowest BCUT2D eigenvalue weighted by atomic mass is 9.77. The molecule has 0 saturated heterocycles. The first-order valence-corrected chi connectivity index (χ1v) is 10.4. The summed E-state index contributed by atoms with van der Waals surface area (Å²) < 4.78 is 5.63. The summed E-state index contributed by atoms with van der Waals surface area (Å²) in [4.78, 5) is 22.6. The standard InChI is InChI=1S/C20H21N5O2S.ClH/c21-20(8-4-9-20)19-24-17(27-25-19)15-13-6-1-2-7-14(13)28-18(15)23-16(26)12-5-3-10-22-11-12;/h3,5,10-11H,1-2,4,6-9,21H2,(H,23,26);1H. The summed E-state index contributed by atoms with van der Waals surface area (Å²) in [5, 5.41) is 7.96. The first kappa shape index (κ1) is 20.0. The Kier molecular flexibility index (Phi) is 5.42. The van der Waals surface area contributed by atoms with Gasteiger partial charge in [-0.1, -0.05) is 5.16 Å². The molecule has 0 bridgehead atoms. The van der Waals surface area contributed by atoms with Gasteiger partial charge in [-0.3, -0.25) is 9.78 Å². The monoisotopic (exact) mass is 431 g/mol. The van der Waals surface area contributed by atoms with Crippen LogP contribution in [0, 0.1) is 0 Å². The van der Waals surface area contributed by atoms with E-state index in [1.54, 1.807) is 35.9 Å². The molecule has 0 spiro atoms. The normalized spacial score (nSPS) is 17.0. The molecule has 2 aliphatic carbocycles. The Morgan fingerprint density at radius 3 is 2.79 bits per heavy atom. The molecular weight excluding hydrogens is 410 g/mol. The number of nitrogens with two attached hydrogens (primary N) is 1. The van der Waals surface area contributed by atoms with Gasteiger partial charge in [-0.25, -0.2) is 0 Å². The Morgan fingerprint density at radius 1 is 1.24 bits per heavy atom. The number of nitrogens with one attached hydrogen (secondary N) is 1. The van der Waals surface area contributed by atoms with E-state index in [9.17, 15) is 4.79 Å². The van der Waals surface area contributed by atoms with Gasteiger partial charge in [0.1, 0.15) is 5.00 Å². The fraction of sp³-hybridized carbons (Fsp3) is 0.400. The SMILES string of the molecule is Cl.NC1(c2noc(-c3c(NC(=O)c4cccnc4)sc4c3CCCC4)n2)CCC1. The zero-order valence-electron chi connectivity index (χ0n) is 15.8. The van der Waals surface area contributed by atoms with Gasteiger partial charge in [0.05, 0.1) is 16.7 Å². The molecule has 3 N–H and O–H groups in total. The number of amides is 1. The van der Waals surface area contributed by atoms with Crippen LogP contribution in [-0.4, -0.2) is 21.0 Å². The summed E-state index contributed by atoms with van der Waals surface area (Å²) in [6.07, 6.45) is 10.3. The fourth-order valence-electron chi connectivity index (χ4n) is 3.86. The molecular formula is C20H22ClN5O2S. The fourth-order valence-corrected chi connectivity index (χ4v) is 5.14. The zero-order valence-corrected chi connectivity index (χ0v) is 17.4. The van der Waals surface area contributed by atoms with Gasteiger partial charge in [-0.2, -0.15) is 4.98 Å². The highest BCUT2D eigenvalue weighted by Gasteiger charge is 2.39. The van der Waals surface area contributed by atoms with Crippen molar-refractivity contribution in [2.75, 3.05) is 5.32 Å². The van der Waals surface area contributed by atoms with E-state index in [2.05, 4.69) is 20.4 Å². The molecule has 3 heterocycles. The number of aryl methyl sites for hydroxylation is 1. The van der Waals surface area contributed by atoms with E-state index >= 15 is 0 Å². The van der Waals surface area contributed by atoms with Gasteiger partial charge in [0, 0.05) is 17.3 Å². The quantitative estimate of drug-likeness (QED) is 0.644. The highest BCUT2D eigenvalue weighted by molar-refractivity contribution is 7.17. The molecule has 7 nitrogen and oxygen atoms in total. The number of rotatable bonds is 4. The van der Waals surface area contributed by atoms with E-state index in [1.165, 1.54) is 10.4 Å². The second-order valence-electron chi connectivity index (χ2n) is 7.54. The number of halogens is 1. The number of nitrogens with zero attached hydrogens (tertiary/aromatic N) is 3. The molecule has 5 rings (SSSR count). The Morgan fingerprint density at radius 2 is 2.07 bits per heavy atom. The number of hydrogen-bond donors (Lipinski definition) is 2. The van der Waals surface area contributed by atoms with Crippen molar-refractivity contribution in [1.29, 1.82) is 0 Å². The first-order chi connectivity index (χ1) is 13.6. The maximum Gasteiger partial charge on any atom is 0.261 e. The average molecular weight is 432 g/mol. The molecule has 2 aliphatic rings. The molecule has 3 aromatic heterocycles. The smallest absolute Gasteiger partial charge is 0.261 e. The van der Waals surface area contributed by atoms with E-state index in [-0.39, 0.29) is 18.3 Å². The van der Waals surface area contributed by atoms with Crippen LogP contribution in [0.1, 0.15) is 58.7 Å². The Bertz CT molecular complexity index is 1030. The second kappa shape index (κ2) is 7.85. The van der Waals surface area contributed by atoms with Crippen molar-refractivity contribution in [3.63, 3.8) is 0 Å². The van der Waals surface area contributed by atoms with Gasteiger partial charge in [0.15, 0.2) is 5.82 Å². The number of thiophene rings is 1. The van der Waals surface area contributed by atoms with Crippen LogP contribution < -0.4 is 11.1 Å². The van der Waals surface area contributed by atoms with Crippen LogP contribution in [0.2, 0.25) is 0 Å². The predicted molar refractivity (Wildman–Crippen MR) is 113 cm³/mol. The van der Waals surface area contributed by atoms with Crippen LogP contribution >= 0.6 is 23.7 Å². The third-order valence-electron chi connectivity index (χ3n) is 5.65. The summed E-state index contributed by atoms with van der Waals surface area (Å²) in [6.45, 7) is 0.